The summed E-state index contributed by atoms with van der Waals surface area (Å²) in [7, 11) is 0. The molecule has 0 aromatic carbocycles. The van der Waals surface area contributed by atoms with Gasteiger partial charge in [0, 0.05) is 5.10 Å². The Hall–Kier alpha value is -2.03. The summed E-state index contributed by atoms with van der Waals surface area (Å²) in [6, 6.07) is 0. The molecule has 0 bridgehead atoms. The maximum Gasteiger partial charge on any atom is 0.490 e. The SMILES string of the molecule is O=C(O)C1CCC(Cn2cnc([N+](=O)[O-])n2)O1. The monoisotopic (exact) mass is 242 g/mol. The number of carboxylic acid groups (broad SMARTS) is 1. The lowest BCUT2D eigenvalue weighted by atomic mass is 10.2. The molecule has 92 valence electrons. The number of nitro groups is 1. The van der Waals surface area contributed by atoms with Crippen molar-refractivity contribution < 1.29 is 19.6 Å². The molecule has 1 aromatic heterocycles. The normalized spacial score (nSPS) is 23.8. The number of rotatable bonds is 4. The first-order valence-corrected chi connectivity index (χ1v) is 4.98. The quantitative estimate of drug-likeness (QED) is 0.574. The lowest BCUT2D eigenvalue weighted by Gasteiger charge is -2.08. The van der Waals surface area contributed by atoms with Gasteiger partial charge in [0.2, 0.25) is 6.33 Å². The minimum Gasteiger partial charge on any atom is -0.479 e. The van der Waals surface area contributed by atoms with Crippen LogP contribution in [0, 0.1) is 10.1 Å². The second-order valence-corrected chi connectivity index (χ2v) is 3.69. The summed E-state index contributed by atoms with van der Waals surface area (Å²) in [6.45, 7) is 0.268. The van der Waals surface area contributed by atoms with E-state index in [1.54, 1.807) is 0 Å². The second-order valence-electron chi connectivity index (χ2n) is 3.69. The Morgan fingerprint density at radius 1 is 1.71 bits per heavy atom. The summed E-state index contributed by atoms with van der Waals surface area (Å²) in [6.07, 6.45) is 1.17. The molecule has 0 aliphatic carbocycles. The topological polar surface area (TPSA) is 120 Å². The molecule has 0 amide bonds. The first kappa shape index (κ1) is 11.5. The maximum atomic E-state index is 10.6. The van der Waals surface area contributed by atoms with Gasteiger partial charge in [-0.2, -0.15) is 4.68 Å². The predicted molar refractivity (Wildman–Crippen MR) is 52.2 cm³/mol. The maximum absolute atomic E-state index is 10.6. The zero-order chi connectivity index (χ0) is 12.4. The van der Waals surface area contributed by atoms with E-state index in [1.165, 1.54) is 11.0 Å². The highest BCUT2D eigenvalue weighted by atomic mass is 16.6. The molecular formula is C8H10N4O5. The number of ether oxygens (including phenoxy) is 1. The van der Waals surface area contributed by atoms with Crippen LogP contribution < -0.4 is 0 Å². The van der Waals surface area contributed by atoms with Gasteiger partial charge < -0.3 is 20.0 Å². The number of nitrogens with zero attached hydrogens (tertiary/aromatic N) is 4. The van der Waals surface area contributed by atoms with E-state index in [-0.39, 0.29) is 12.6 Å². The van der Waals surface area contributed by atoms with E-state index in [1.807, 2.05) is 0 Å². The van der Waals surface area contributed by atoms with Crippen molar-refractivity contribution in [2.24, 2.45) is 0 Å². The van der Waals surface area contributed by atoms with Crippen molar-refractivity contribution in [3.8, 4) is 0 Å². The molecule has 2 unspecified atom stereocenters. The minimum atomic E-state index is -0.989. The van der Waals surface area contributed by atoms with Crippen LogP contribution in [-0.2, 0) is 16.1 Å². The van der Waals surface area contributed by atoms with Gasteiger partial charge in [-0.25, -0.2) is 4.79 Å². The summed E-state index contributed by atoms with van der Waals surface area (Å²) < 4.78 is 6.52. The van der Waals surface area contributed by atoms with Crippen LogP contribution >= 0.6 is 0 Å². The van der Waals surface area contributed by atoms with Gasteiger partial charge in [0.25, 0.3) is 0 Å². The van der Waals surface area contributed by atoms with Crippen molar-refractivity contribution in [3.63, 3.8) is 0 Å². The van der Waals surface area contributed by atoms with Crippen LogP contribution in [0.3, 0.4) is 0 Å². The summed E-state index contributed by atoms with van der Waals surface area (Å²) >= 11 is 0. The van der Waals surface area contributed by atoms with Crippen molar-refractivity contribution >= 4 is 11.9 Å². The number of aromatic nitrogens is 3. The van der Waals surface area contributed by atoms with Gasteiger partial charge in [-0.3, -0.25) is 0 Å². The van der Waals surface area contributed by atoms with E-state index in [0.717, 1.165) is 0 Å². The van der Waals surface area contributed by atoms with Crippen LogP contribution in [0.25, 0.3) is 0 Å². The lowest BCUT2D eigenvalue weighted by molar-refractivity contribution is -0.394. The Morgan fingerprint density at radius 2 is 2.47 bits per heavy atom. The highest BCUT2D eigenvalue weighted by molar-refractivity contribution is 5.72. The van der Waals surface area contributed by atoms with Gasteiger partial charge in [0.15, 0.2) is 6.10 Å². The third-order valence-corrected chi connectivity index (χ3v) is 2.46. The third kappa shape index (κ3) is 2.56. The van der Waals surface area contributed by atoms with Gasteiger partial charge >= 0.3 is 11.9 Å². The van der Waals surface area contributed by atoms with Crippen molar-refractivity contribution in [2.45, 2.75) is 31.6 Å². The van der Waals surface area contributed by atoms with Gasteiger partial charge in [0.05, 0.1) is 12.6 Å². The molecule has 9 heteroatoms. The average molecular weight is 242 g/mol. The lowest BCUT2D eigenvalue weighted by Crippen LogP contribution is -2.23. The molecule has 1 aromatic rings. The highest BCUT2D eigenvalue weighted by Crippen LogP contribution is 2.21. The molecule has 2 atom stereocenters. The van der Waals surface area contributed by atoms with E-state index in [9.17, 15) is 14.9 Å². The Morgan fingerprint density at radius 3 is 3.00 bits per heavy atom. The number of hydrogen-bond acceptors (Lipinski definition) is 6. The number of hydrogen-bond donors (Lipinski definition) is 1. The number of aliphatic carboxylic acids is 1. The van der Waals surface area contributed by atoms with Crippen LogP contribution in [0.1, 0.15) is 12.8 Å². The molecule has 1 aliphatic rings. The van der Waals surface area contributed by atoms with Gasteiger partial charge in [0.1, 0.15) is 0 Å². The van der Waals surface area contributed by atoms with E-state index < -0.39 is 22.9 Å². The molecule has 0 spiro atoms. The minimum absolute atomic E-state index is 0.268. The summed E-state index contributed by atoms with van der Waals surface area (Å²) in [4.78, 5) is 23.8. The number of carbonyl (C=O) groups is 1. The molecule has 2 heterocycles. The van der Waals surface area contributed by atoms with Crippen molar-refractivity contribution in [1.82, 2.24) is 14.8 Å². The van der Waals surface area contributed by atoms with Crippen LogP contribution in [0.15, 0.2) is 6.33 Å². The molecule has 1 N–H and O–H groups in total. The van der Waals surface area contributed by atoms with Crippen LogP contribution in [0.4, 0.5) is 5.95 Å². The third-order valence-electron chi connectivity index (χ3n) is 2.46. The highest BCUT2D eigenvalue weighted by Gasteiger charge is 2.31. The van der Waals surface area contributed by atoms with E-state index in [0.29, 0.717) is 12.8 Å². The molecule has 9 nitrogen and oxygen atoms in total. The van der Waals surface area contributed by atoms with E-state index >= 15 is 0 Å². The summed E-state index contributed by atoms with van der Waals surface area (Å²) in [5.74, 6) is -1.46. The van der Waals surface area contributed by atoms with Crippen LogP contribution in [-0.4, -0.2) is 43.0 Å². The Labute approximate surface area is 95.2 Å². The molecular weight excluding hydrogens is 232 g/mol. The fraction of sp³-hybridized carbons (Fsp3) is 0.625. The van der Waals surface area contributed by atoms with Crippen LogP contribution in [0.2, 0.25) is 0 Å². The molecule has 2 rings (SSSR count). The molecule has 0 radical (unpaired) electrons. The largest absolute Gasteiger partial charge is 0.490 e. The zero-order valence-electron chi connectivity index (χ0n) is 8.72. The first-order chi connectivity index (χ1) is 8.06. The average Bonchev–Trinajstić information content (AvgIpc) is 2.87. The van der Waals surface area contributed by atoms with Crippen molar-refractivity contribution in [2.75, 3.05) is 0 Å². The van der Waals surface area contributed by atoms with E-state index in [2.05, 4.69) is 10.1 Å². The Balaban J connectivity index is 1.93. The molecule has 1 aliphatic heterocycles. The summed E-state index contributed by atoms with van der Waals surface area (Å²) in [5.41, 5.74) is 0. The van der Waals surface area contributed by atoms with Gasteiger partial charge in [-0.05, 0) is 17.8 Å². The fourth-order valence-electron chi connectivity index (χ4n) is 1.69. The second kappa shape index (κ2) is 4.45. The first-order valence-electron chi connectivity index (χ1n) is 4.98. The molecule has 17 heavy (non-hydrogen) atoms. The van der Waals surface area contributed by atoms with Crippen molar-refractivity contribution in [3.05, 3.63) is 16.4 Å². The molecule has 0 saturated carbocycles. The number of carboxylic acids is 1. The Kier molecular flexibility index (Phi) is 3.00. The van der Waals surface area contributed by atoms with Crippen molar-refractivity contribution in [1.29, 1.82) is 0 Å². The summed E-state index contributed by atoms with van der Waals surface area (Å²) in [5, 5.41) is 22.7. The van der Waals surface area contributed by atoms with Gasteiger partial charge in [-0.15, -0.1) is 0 Å². The Bertz CT molecular complexity index is 445. The molecule has 1 saturated heterocycles. The van der Waals surface area contributed by atoms with Crippen LogP contribution in [0.5, 0.6) is 0 Å². The predicted octanol–water partition coefficient (Wildman–Crippen LogP) is -0.181. The fourth-order valence-corrected chi connectivity index (χ4v) is 1.69. The van der Waals surface area contributed by atoms with Gasteiger partial charge in [-0.1, -0.05) is 4.98 Å². The molecule has 1 fully saturated rings. The standard InChI is InChI=1S/C8H10N4O5/c13-7(14)6-2-1-5(17-6)3-11-4-9-8(10-11)12(15)16/h4-6H,1-3H2,(H,13,14). The van der Waals surface area contributed by atoms with E-state index in [4.69, 9.17) is 9.84 Å². The zero-order valence-corrected chi connectivity index (χ0v) is 8.72. The smallest absolute Gasteiger partial charge is 0.479 e.